The number of anilines is 2. The summed E-state index contributed by atoms with van der Waals surface area (Å²) in [6, 6.07) is 6.83. The summed E-state index contributed by atoms with van der Waals surface area (Å²) in [4.78, 5) is 15.7. The van der Waals surface area contributed by atoms with Crippen LogP contribution < -0.4 is 10.0 Å². The Morgan fingerprint density at radius 1 is 1.21 bits per heavy atom. The maximum atomic E-state index is 12.5. The van der Waals surface area contributed by atoms with Gasteiger partial charge in [0.15, 0.2) is 0 Å². The lowest BCUT2D eigenvalue weighted by atomic mass is 10.2. The lowest BCUT2D eigenvalue weighted by molar-refractivity contribution is -0.137. The van der Waals surface area contributed by atoms with Gasteiger partial charge in [-0.2, -0.15) is 13.2 Å². The number of benzene rings is 1. The van der Waals surface area contributed by atoms with Crippen LogP contribution in [0.5, 0.6) is 0 Å². The third kappa shape index (κ3) is 6.41. The van der Waals surface area contributed by atoms with Crippen molar-refractivity contribution in [3.8, 4) is 0 Å². The molecule has 11 heteroatoms. The molecule has 0 radical (unpaired) electrons. The summed E-state index contributed by atoms with van der Waals surface area (Å²) in [5.41, 5.74) is 0.675. The first-order chi connectivity index (χ1) is 13.0. The summed E-state index contributed by atoms with van der Waals surface area (Å²) in [5.74, 6) is -0.463. The van der Waals surface area contributed by atoms with E-state index in [1.165, 1.54) is 13.0 Å². The van der Waals surface area contributed by atoms with Crippen LogP contribution >= 0.6 is 11.8 Å². The molecular weight excluding hydrogens is 415 g/mol. The zero-order valence-electron chi connectivity index (χ0n) is 15.0. The molecule has 6 nitrogen and oxygen atoms in total. The number of thioether (sulfide) groups is 1. The van der Waals surface area contributed by atoms with E-state index in [0.717, 1.165) is 24.0 Å². The number of amides is 1. The number of pyridine rings is 1. The van der Waals surface area contributed by atoms with Crippen molar-refractivity contribution in [3.05, 3.63) is 47.7 Å². The smallest absolute Gasteiger partial charge is 0.325 e. The molecule has 0 atom stereocenters. The summed E-state index contributed by atoms with van der Waals surface area (Å²) in [5, 5.41) is 2.94. The number of carbonyl (C=O) groups excluding carboxylic acids is 1. The minimum atomic E-state index is -4.46. The van der Waals surface area contributed by atoms with Crippen LogP contribution in [0.25, 0.3) is 0 Å². The maximum Gasteiger partial charge on any atom is 0.417 e. The second kappa shape index (κ2) is 8.82. The van der Waals surface area contributed by atoms with E-state index in [2.05, 4.69) is 15.0 Å². The van der Waals surface area contributed by atoms with Gasteiger partial charge in [0.25, 0.3) is 0 Å². The van der Waals surface area contributed by atoms with Gasteiger partial charge < -0.3 is 5.32 Å². The van der Waals surface area contributed by atoms with E-state index in [0.29, 0.717) is 22.0 Å². The van der Waals surface area contributed by atoms with Crippen LogP contribution in [0.15, 0.2) is 41.6 Å². The average Bonchev–Trinajstić information content (AvgIpc) is 2.62. The van der Waals surface area contributed by atoms with E-state index in [1.807, 2.05) is 0 Å². The summed E-state index contributed by atoms with van der Waals surface area (Å²) < 4.78 is 63.2. The molecule has 0 saturated heterocycles. The van der Waals surface area contributed by atoms with Crippen molar-refractivity contribution in [2.24, 2.45) is 0 Å². The molecule has 0 fully saturated rings. The van der Waals surface area contributed by atoms with E-state index < -0.39 is 21.8 Å². The quantitative estimate of drug-likeness (QED) is 0.647. The number of sulfonamides is 1. The first-order valence-corrected chi connectivity index (χ1v) is 10.7. The highest BCUT2D eigenvalue weighted by atomic mass is 32.2. The predicted octanol–water partition coefficient (Wildman–Crippen LogP) is 3.90. The third-order valence-electron chi connectivity index (χ3n) is 3.57. The molecule has 0 saturated carbocycles. The molecule has 1 aromatic heterocycles. The molecule has 28 heavy (non-hydrogen) atoms. The van der Waals surface area contributed by atoms with Crippen molar-refractivity contribution < 1.29 is 26.4 Å². The number of aryl methyl sites for hydroxylation is 1. The van der Waals surface area contributed by atoms with Crippen molar-refractivity contribution in [1.29, 1.82) is 0 Å². The van der Waals surface area contributed by atoms with Gasteiger partial charge in [-0.05, 0) is 49.7 Å². The highest BCUT2D eigenvalue weighted by Crippen LogP contribution is 2.29. The lowest BCUT2D eigenvalue weighted by Crippen LogP contribution is -2.16. The highest BCUT2D eigenvalue weighted by molar-refractivity contribution is 7.99. The molecule has 1 amide bonds. The molecule has 2 rings (SSSR count). The molecule has 0 aliphatic heterocycles. The molecule has 0 unspecified atom stereocenters. The summed E-state index contributed by atoms with van der Waals surface area (Å²) in [7, 11) is -3.40. The number of alkyl halides is 3. The SMILES string of the molecule is CCS(=O)(=O)Nc1ccc(NC(=O)CSc2ccc(C(F)(F)F)cn2)cc1C. The van der Waals surface area contributed by atoms with E-state index in [9.17, 15) is 26.4 Å². The van der Waals surface area contributed by atoms with E-state index >= 15 is 0 Å². The van der Waals surface area contributed by atoms with Gasteiger partial charge in [-0.1, -0.05) is 11.8 Å². The van der Waals surface area contributed by atoms with Gasteiger partial charge in [0.05, 0.1) is 27.8 Å². The minimum absolute atomic E-state index is 0.0401. The Labute approximate surface area is 165 Å². The lowest BCUT2D eigenvalue weighted by Gasteiger charge is -2.11. The van der Waals surface area contributed by atoms with E-state index in [1.54, 1.807) is 25.1 Å². The molecule has 2 aromatic rings. The van der Waals surface area contributed by atoms with Gasteiger partial charge in [0.1, 0.15) is 0 Å². The van der Waals surface area contributed by atoms with Gasteiger partial charge >= 0.3 is 6.18 Å². The zero-order chi connectivity index (χ0) is 20.9. The number of halogens is 3. The first kappa shape index (κ1) is 22.0. The summed E-state index contributed by atoms with van der Waals surface area (Å²) in [6.45, 7) is 3.22. The molecule has 152 valence electrons. The standard InChI is InChI=1S/C17H18F3N3O3S2/c1-3-28(25,26)23-14-6-5-13(8-11(14)2)22-15(24)10-27-16-7-4-12(9-21-16)17(18,19)20/h4-9,23H,3,10H2,1-2H3,(H,22,24). The average molecular weight is 433 g/mol. The Hall–Kier alpha value is -2.27. The Kier molecular flexibility index (Phi) is 6.94. The van der Waals surface area contributed by atoms with Gasteiger partial charge in [-0.15, -0.1) is 0 Å². The zero-order valence-corrected chi connectivity index (χ0v) is 16.6. The largest absolute Gasteiger partial charge is 0.417 e. The summed E-state index contributed by atoms with van der Waals surface area (Å²) in [6.07, 6.45) is -3.73. The number of nitrogens with one attached hydrogen (secondary N) is 2. The van der Waals surface area contributed by atoms with Gasteiger partial charge in [-0.3, -0.25) is 9.52 Å². The van der Waals surface area contributed by atoms with Crippen LogP contribution in [-0.2, 0) is 21.0 Å². The van der Waals surface area contributed by atoms with Crippen molar-refractivity contribution in [3.63, 3.8) is 0 Å². The van der Waals surface area contributed by atoms with Gasteiger partial charge in [0.2, 0.25) is 15.9 Å². The van der Waals surface area contributed by atoms with E-state index in [4.69, 9.17) is 0 Å². The van der Waals surface area contributed by atoms with Crippen molar-refractivity contribution in [2.45, 2.75) is 25.0 Å². The number of hydrogen-bond donors (Lipinski definition) is 2. The maximum absolute atomic E-state index is 12.5. The second-order valence-electron chi connectivity index (χ2n) is 5.75. The molecule has 0 bridgehead atoms. The van der Waals surface area contributed by atoms with Crippen molar-refractivity contribution in [1.82, 2.24) is 4.98 Å². The van der Waals surface area contributed by atoms with Gasteiger partial charge in [-0.25, -0.2) is 13.4 Å². The molecule has 0 aliphatic rings. The molecule has 0 aliphatic carbocycles. The monoisotopic (exact) mass is 433 g/mol. The predicted molar refractivity (Wildman–Crippen MR) is 103 cm³/mol. The number of aromatic nitrogens is 1. The topological polar surface area (TPSA) is 88.2 Å². The summed E-state index contributed by atoms with van der Waals surface area (Å²) >= 11 is 1.00. The fourth-order valence-corrected chi connectivity index (χ4v) is 3.42. The van der Waals surface area contributed by atoms with Gasteiger partial charge in [0, 0.05) is 11.9 Å². The number of nitrogens with zero attached hydrogens (tertiary/aromatic N) is 1. The molecule has 2 N–H and O–H groups in total. The van der Waals surface area contributed by atoms with Crippen molar-refractivity contribution in [2.75, 3.05) is 21.5 Å². The van der Waals surface area contributed by atoms with Crippen LogP contribution in [0.2, 0.25) is 0 Å². The molecular formula is C17H18F3N3O3S2. The molecule has 0 spiro atoms. The van der Waals surface area contributed by atoms with Crippen LogP contribution in [0.4, 0.5) is 24.5 Å². The van der Waals surface area contributed by atoms with Crippen molar-refractivity contribution >= 4 is 39.1 Å². The Bertz CT molecular complexity index is 946. The Morgan fingerprint density at radius 2 is 1.93 bits per heavy atom. The van der Waals surface area contributed by atoms with E-state index in [-0.39, 0.29) is 17.4 Å². The van der Waals surface area contributed by atoms with Crippen LogP contribution in [-0.4, -0.2) is 30.8 Å². The Balaban J connectivity index is 1.93. The van der Waals surface area contributed by atoms with Crippen LogP contribution in [0.3, 0.4) is 0 Å². The fourth-order valence-electron chi connectivity index (χ4n) is 2.07. The number of rotatable bonds is 7. The number of carbonyl (C=O) groups is 1. The Morgan fingerprint density at radius 3 is 2.46 bits per heavy atom. The minimum Gasteiger partial charge on any atom is -0.325 e. The highest BCUT2D eigenvalue weighted by Gasteiger charge is 2.30. The molecule has 1 heterocycles. The fraction of sp³-hybridized carbons (Fsp3) is 0.294. The third-order valence-corrected chi connectivity index (χ3v) is 5.81. The van der Waals surface area contributed by atoms with Crippen LogP contribution in [0.1, 0.15) is 18.1 Å². The second-order valence-corrected chi connectivity index (χ2v) is 8.76. The first-order valence-electron chi connectivity index (χ1n) is 8.07. The normalized spacial score (nSPS) is 11.9. The molecule has 1 aromatic carbocycles. The number of hydrogen-bond acceptors (Lipinski definition) is 5. The van der Waals surface area contributed by atoms with Crippen LogP contribution in [0, 0.1) is 6.92 Å².